The Morgan fingerprint density at radius 2 is 2.16 bits per heavy atom. The van der Waals surface area contributed by atoms with Gasteiger partial charge in [0.2, 0.25) is 22.9 Å². The Morgan fingerprint density at radius 3 is 2.94 bits per heavy atom. The van der Waals surface area contributed by atoms with E-state index in [9.17, 15) is 14.4 Å². The molecule has 2 N–H and O–H groups in total. The van der Waals surface area contributed by atoms with E-state index in [1.807, 2.05) is 31.2 Å². The Balaban J connectivity index is 1.25. The third-order valence-electron chi connectivity index (χ3n) is 4.81. The number of hydrogen-bond donors (Lipinski definition) is 2. The molecular weight excluding hydrogens is 450 g/mol. The molecule has 0 aliphatic carbocycles. The van der Waals surface area contributed by atoms with Crippen LogP contribution in [0.25, 0.3) is 0 Å². The van der Waals surface area contributed by atoms with Crippen LogP contribution in [-0.2, 0) is 20.9 Å². The Bertz CT molecular complexity index is 1120. The Hall–Kier alpha value is -3.18. The van der Waals surface area contributed by atoms with Crippen molar-refractivity contribution in [3.8, 4) is 0 Å². The quantitative estimate of drug-likeness (QED) is 0.383. The fourth-order valence-electron chi connectivity index (χ4n) is 3.23. The number of nitrogens with zero attached hydrogens (tertiary/aromatic N) is 3. The molecule has 1 aliphatic heterocycles. The zero-order valence-corrected chi connectivity index (χ0v) is 18.9. The summed E-state index contributed by atoms with van der Waals surface area (Å²) in [6.45, 7) is 2.61. The van der Waals surface area contributed by atoms with Gasteiger partial charge in [0.1, 0.15) is 5.76 Å². The van der Waals surface area contributed by atoms with Gasteiger partial charge in [0.25, 0.3) is 0 Å². The van der Waals surface area contributed by atoms with E-state index in [0.717, 1.165) is 11.3 Å². The van der Waals surface area contributed by atoms with Crippen LogP contribution in [0.5, 0.6) is 0 Å². The summed E-state index contributed by atoms with van der Waals surface area (Å²) in [5, 5.41) is 13.8. The Kier molecular flexibility index (Phi) is 6.86. The SMILES string of the molecule is Cc1cccc(N2C[C@H](C(=O)Nc3nnc(SCC(=O)NCc4ccco4)s3)CC2=O)c1. The molecule has 11 heteroatoms. The zero-order valence-electron chi connectivity index (χ0n) is 17.2. The normalized spacial score (nSPS) is 15.7. The second kappa shape index (κ2) is 9.96. The van der Waals surface area contributed by atoms with Gasteiger partial charge >= 0.3 is 0 Å². The standard InChI is InChI=1S/C21H21N5O4S2/c1-13-4-2-5-15(8-13)26-11-14(9-18(26)28)19(29)23-20-24-25-21(32-20)31-12-17(27)22-10-16-6-3-7-30-16/h2-8,14H,9-12H2,1H3,(H,22,27)(H,23,24,29)/t14-/m1/s1. The van der Waals surface area contributed by atoms with Crippen LogP contribution >= 0.6 is 23.1 Å². The third kappa shape index (κ3) is 5.54. The summed E-state index contributed by atoms with van der Waals surface area (Å²) in [5.41, 5.74) is 1.85. The van der Waals surface area contributed by atoms with Crippen LogP contribution in [0, 0.1) is 12.8 Å². The summed E-state index contributed by atoms with van der Waals surface area (Å²) in [4.78, 5) is 38.6. The van der Waals surface area contributed by atoms with Gasteiger partial charge in [-0.25, -0.2) is 0 Å². The molecule has 0 spiro atoms. The number of hydrogen-bond acceptors (Lipinski definition) is 8. The van der Waals surface area contributed by atoms with E-state index < -0.39 is 5.92 Å². The minimum Gasteiger partial charge on any atom is -0.467 e. The molecule has 0 saturated carbocycles. The molecule has 3 heterocycles. The summed E-state index contributed by atoms with van der Waals surface area (Å²) < 4.78 is 5.73. The van der Waals surface area contributed by atoms with Crippen LogP contribution in [0.15, 0.2) is 51.4 Å². The molecule has 1 saturated heterocycles. The zero-order chi connectivity index (χ0) is 22.5. The first kappa shape index (κ1) is 22.0. The maximum Gasteiger partial charge on any atom is 0.231 e. The maximum atomic E-state index is 12.6. The number of carbonyl (C=O) groups is 3. The lowest BCUT2D eigenvalue weighted by atomic mass is 10.1. The van der Waals surface area contributed by atoms with E-state index in [0.29, 0.717) is 28.3 Å². The molecule has 1 aromatic carbocycles. The lowest BCUT2D eigenvalue weighted by Crippen LogP contribution is -2.28. The number of carbonyl (C=O) groups excluding carboxylic acids is 3. The third-order valence-corrected chi connectivity index (χ3v) is 6.78. The second-order valence-electron chi connectivity index (χ2n) is 7.25. The number of aromatic nitrogens is 2. The lowest BCUT2D eigenvalue weighted by Gasteiger charge is -2.17. The van der Waals surface area contributed by atoms with Gasteiger partial charge in [-0.2, -0.15) is 0 Å². The van der Waals surface area contributed by atoms with Crippen molar-refractivity contribution in [1.29, 1.82) is 0 Å². The second-order valence-corrected chi connectivity index (χ2v) is 9.45. The van der Waals surface area contributed by atoms with Crippen molar-refractivity contribution in [2.24, 2.45) is 5.92 Å². The molecule has 3 aromatic rings. The highest BCUT2D eigenvalue weighted by Crippen LogP contribution is 2.29. The lowest BCUT2D eigenvalue weighted by molar-refractivity contribution is -0.122. The minimum absolute atomic E-state index is 0.0789. The highest BCUT2D eigenvalue weighted by atomic mass is 32.2. The first-order valence-electron chi connectivity index (χ1n) is 9.91. The van der Waals surface area contributed by atoms with Gasteiger partial charge in [-0.15, -0.1) is 10.2 Å². The topological polar surface area (TPSA) is 117 Å². The number of rotatable bonds is 8. The van der Waals surface area contributed by atoms with Gasteiger partial charge < -0.3 is 20.0 Å². The van der Waals surface area contributed by atoms with Crippen LogP contribution in [0.2, 0.25) is 0 Å². The Labute approximate surface area is 192 Å². The van der Waals surface area contributed by atoms with Gasteiger partial charge in [-0.3, -0.25) is 14.4 Å². The molecule has 2 aromatic heterocycles. The molecule has 0 unspecified atom stereocenters. The fourth-order valence-corrected chi connectivity index (χ4v) is 4.82. The largest absolute Gasteiger partial charge is 0.467 e. The molecule has 3 amide bonds. The number of nitrogens with one attached hydrogen (secondary N) is 2. The maximum absolute atomic E-state index is 12.6. The number of amides is 3. The van der Waals surface area contributed by atoms with Crippen LogP contribution in [0.1, 0.15) is 17.7 Å². The van der Waals surface area contributed by atoms with Crippen LogP contribution in [-0.4, -0.2) is 40.2 Å². The van der Waals surface area contributed by atoms with Gasteiger partial charge in [-0.05, 0) is 36.8 Å². The Morgan fingerprint density at radius 1 is 1.28 bits per heavy atom. The number of aryl methyl sites for hydroxylation is 1. The summed E-state index contributed by atoms with van der Waals surface area (Å²) in [6, 6.07) is 11.2. The molecule has 0 bridgehead atoms. The van der Waals surface area contributed by atoms with E-state index in [4.69, 9.17) is 4.42 Å². The van der Waals surface area contributed by atoms with Gasteiger partial charge in [0.05, 0.1) is 24.5 Å². The first-order valence-corrected chi connectivity index (χ1v) is 11.7. The molecule has 4 rings (SSSR count). The van der Waals surface area contributed by atoms with E-state index in [1.165, 1.54) is 23.1 Å². The molecule has 1 aliphatic rings. The van der Waals surface area contributed by atoms with Crippen molar-refractivity contribution in [1.82, 2.24) is 15.5 Å². The van der Waals surface area contributed by atoms with Crippen molar-refractivity contribution < 1.29 is 18.8 Å². The summed E-state index contributed by atoms with van der Waals surface area (Å²) >= 11 is 2.42. The molecule has 0 radical (unpaired) electrons. The minimum atomic E-state index is -0.463. The molecule has 9 nitrogen and oxygen atoms in total. The van der Waals surface area contributed by atoms with Crippen LogP contribution in [0.3, 0.4) is 0 Å². The van der Waals surface area contributed by atoms with E-state index in [2.05, 4.69) is 20.8 Å². The summed E-state index contributed by atoms with van der Waals surface area (Å²) in [5.74, 6) is -0.118. The van der Waals surface area contributed by atoms with Crippen molar-refractivity contribution in [3.05, 3.63) is 54.0 Å². The van der Waals surface area contributed by atoms with E-state index >= 15 is 0 Å². The predicted molar refractivity (Wildman–Crippen MR) is 121 cm³/mol. The molecular formula is C21H21N5O4S2. The number of thioether (sulfide) groups is 1. The average Bonchev–Trinajstić information content (AvgIpc) is 3.52. The van der Waals surface area contributed by atoms with Crippen molar-refractivity contribution in [3.63, 3.8) is 0 Å². The fraction of sp³-hybridized carbons (Fsp3) is 0.286. The van der Waals surface area contributed by atoms with Gasteiger partial charge in [0, 0.05) is 18.7 Å². The van der Waals surface area contributed by atoms with Crippen LogP contribution in [0.4, 0.5) is 10.8 Å². The monoisotopic (exact) mass is 471 g/mol. The summed E-state index contributed by atoms with van der Waals surface area (Å²) in [6.07, 6.45) is 1.70. The van der Waals surface area contributed by atoms with Gasteiger partial charge in [-0.1, -0.05) is 35.2 Å². The highest BCUT2D eigenvalue weighted by Gasteiger charge is 2.35. The van der Waals surface area contributed by atoms with Crippen LogP contribution < -0.4 is 15.5 Å². The van der Waals surface area contributed by atoms with E-state index in [-0.39, 0.29) is 29.9 Å². The molecule has 1 fully saturated rings. The van der Waals surface area contributed by atoms with Crippen molar-refractivity contribution in [2.75, 3.05) is 22.5 Å². The highest BCUT2D eigenvalue weighted by molar-refractivity contribution is 8.01. The average molecular weight is 472 g/mol. The smallest absolute Gasteiger partial charge is 0.231 e. The van der Waals surface area contributed by atoms with Gasteiger partial charge in [0.15, 0.2) is 4.34 Å². The molecule has 32 heavy (non-hydrogen) atoms. The number of furan rings is 1. The molecule has 1 atom stereocenters. The first-order chi connectivity index (χ1) is 15.5. The number of benzene rings is 1. The summed E-state index contributed by atoms with van der Waals surface area (Å²) in [7, 11) is 0. The molecule has 166 valence electrons. The van der Waals surface area contributed by atoms with E-state index in [1.54, 1.807) is 23.3 Å². The van der Waals surface area contributed by atoms with Crippen molar-refractivity contribution >= 4 is 51.6 Å². The predicted octanol–water partition coefficient (Wildman–Crippen LogP) is 2.84. The number of anilines is 2. The van der Waals surface area contributed by atoms with Crippen molar-refractivity contribution in [2.45, 2.75) is 24.2 Å².